The van der Waals surface area contributed by atoms with Gasteiger partial charge in [-0.1, -0.05) is 48.5 Å². The molecule has 25 heavy (non-hydrogen) atoms. The van der Waals surface area contributed by atoms with Gasteiger partial charge in [0.05, 0.1) is 12.0 Å². The molecule has 0 aromatic heterocycles. The van der Waals surface area contributed by atoms with E-state index < -0.39 is 11.4 Å². The maximum Gasteiger partial charge on any atom is 0.332 e. The number of hydrogen-bond donors (Lipinski definition) is 0. The van der Waals surface area contributed by atoms with Gasteiger partial charge in [-0.3, -0.25) is 19.4 Å². The molecular weight excluding hydrogens is 316 g/mol. The minimum atomic E-state index is -0.776. The number of nitrogens with zero attached hydrogens (tertiary/aromatic N) is 2. The number of urea groups is 1. The number of Topliss-reactive ketones (excluding diaryl/α,β-unsaturated/α-hetero) is 1. The molecule has 0 spiro atoms. The molecule has 5 nitrogen and oxygen atoms in total. The number of ketones is 1. The van der Waals surface area contributed by atoms with Gasteiger partial charge in [0.15, 0.2) is 5.78 Å². The second-order valence-corrected chi connectivity index (χ2v) is 6.60. The second-order valence-electron chi connectivity index (χ2n) is 6.60. The summed E-state index contributed by atoms with van der Waals surface area (Å²) in [6.45, 7) is 3.36. The van der Waals surface area contributed by atoms with E-state index in [4.69, 9.17) is 0 Å². The Morgan fingerprint density at radius 2 is 1.52 bits per heavy atom. The summed E-state index contributed by atoms with van der Waals surface area (Å²) in [5.41, 5.74) is 0.735. The van der Waals surface area contributed by atoms with Gasteiger partial charge in [0.2, 0.25) is 0 Å². The van der Waals surface area contributed by atoms with Gasteiger partial charge in [-0.2, -0.15) is 0 Å². The van der Waals surface area contributed by atoms with E-state index in [0.717, 1.165) is 10.5 Å². The fourth-order valence-electron chi connectivity index (χ4n) is 2.86. The molecule has 2 aromatic carbocycles. The van der Waals surface area contributed by atoms with E-state index in [1.807, 2.05) is 50.2 Å². The SMILES string of the molecule is CC(C)(C(=O)CN1C(=O)CN(c2ccccc2)C1=O)c1ccccc1. The van der Waals surface area contributed by atoms with Gasteiger partial charge in [0, 0.05) is 5.69 Å². The highest BCUT2D eigenvalue weighted by Crippen LogP contribution is 2.26. The number of imide groups is 1. The quantitative estimate of drug-likeness (QED) is 0.789. The Morgan fingerprint density at radius 3 is 2.12 bits per heavy atom. The predicted molar refractivity (Wildman–Crippen MR) is 95.4 cm³/mol. The zero-order chi connectivity index (χ0) is 18.0. The van der Waals surface area contributed by atoms with Crippen molar-refractivity contribution < 1.29 is 14.4 Å². The average Bonchev–Trinajstić information content (AvgIpc) is 2.91. The summed E-state index contributed by atoms with van der Waals surface area (Å²) in [4.78, 5) is 40.1. The highest BCUT2D eigenvalue weighted by molar-refractivity contribution is 6.14. The number of amides is 3. The molecule has 1 saturated heterocycles. The lowest BCUT2D eigenvalue weighted by Gasteiger charge is -2.26. The first kappa shape index (κ1) is 16.9. The summed E-state index contributed by atoms with van der Waals surface area (Å²) in [5.74, 6) is -0.527. The molecule has 1 fully saturated rings. The lowest BCUT2D eigenvalue weighted by atomic mass is 9.80. The molecule has 5 heteroatoms. The van der Waals surface area contributed by atoms with Gasteiger partial charge in [0.25, 0.3) is 5.91 Å². The minimum absolute atomic E-state index is 0.0398. The lowest BCUT2D eigenvalue weighted by molar-refractivity contribution is -0.131. The van der Waals surface area contributed by atoms with E-state index in [9.17, 15) is 14.4 Å². The van der Waals surface area contributed by atoms with E-state index in [1.165, 1.54) is 4.90 Å². The van der Waals surface area contributed by atoms with Crippen LogP contribution in [0.15, 0.2) is 60.7 Å². The summed E-state index contributed by atoms with van der Waals surface area (Å²) in [7, 11) is 0. The third-order valence-electron chi connectivity index (χ3n) is 4.62. The summed E-state index contributed by atoms with van der Waals surface area (Å²) in [6, 6.07) is 17.9. The molecule has 0 bridgehead atoms. The number of rotatable bonds is 5. The summed E-state index contributed by atoms with van der Waals surface area (Å²) >= 11 is 0. The fourth-order valence-corrected chi connectivity index (χ4v) is 2.86. The number of carbonyl (C=O) groups is 3. The number of benzene rings is 2. The molecule has 3 rings (SSSR count). The zero-order valence-electron chi connectivity index (χ0n) is 14.3. The van der Waals surface area contributed by atoms with Crippen LogP contribution in [-0.2, 0) is 15.0 Å². The van der Waals surface area contributed by atoms with Crippen molar-refractivity contribution >= 4 is 23.4 Å². The van der Waals surface area contributed by atoms with Crippen LogP contribution >= 0.6 is 0 Å². The second kappa shape index (κ2) is 6.51. The van der Waals surface area contributed by atoms with Crippen molar-refractivity contribution in [2.24, 2.45) is 0 Å². The Labute approximate surface area is 146 Å². The number of hydrogen-bond acceptors (Lipinski definition) is 3. The van der Waals surface area contributed by atoms with Gasteiger partial charge >= 0.3 is 6.03 Å². The molecular formula is C20H20N2O3. The Kier molecular flexibility index (Phi) is 4.40. The van der Waals surface area contributed by atoms with Crippen LogP contribution in [0.3, 0.4) is 0 Å². The van der Waals surface area contributed by atoms with Gasteiger partial charge in [-0.15, -0.1) is 0 Å². The van der Waals surface area contributed by atoms with E-state index in [0.29, 0.717) is 5.69 Å². The van der Waals surface area contributed by atoms with Crippen LogP contribution in [0.5, 0.6) is 0 Å². The largest absolute Gasteiger partial charge is 0.332 e. The number of para-hydroxylation sites is 1. The van der Waals surface area contributed by atoms with Crippen molar-refractivity contribution in [1.82, 2.24) is 4.90 Å². The van der Waals surface area contributed by atoms with Crippen LogP contribution in [0.4, 0.5) is 10.5 Å². The molecule has 0 aliphatic carbocycles. The summed E-state index contributed by atoms with van der Waals surface area (Å²) in [6.07, 6.45) is 0. The van der Waals surface area contributed by atoms with Crippen LogP contribution < -0.4 is 4.90 Å². The van der Waals surface area contributed by atoms with Gasteiger partial charge in [0.1, 0.15) is 6.54 Å². The Hall–Kier alpha value is -2.95. The Balaban J connectivity index is 1.78. The van der Waals surface area contributed by atoms with Crippen molar-refractivity contribution in [3.8, 4) is 0 Å². The molecule has 1 aliphatic rings. The molecule has 0 atom stereocenters. The fraction of sp³-hybridized carbons (Fsp3) is 0.250. The first-order chi connectivity index (χ1) is 11.9. The first-order valence-corrected chi connectivity index (χ1v) is 8.17. The van der Waals surface area contributed by atoms with Crippen molar-refractivity contribution in [3.05, 3.63) is 66.2 Å². The maximum absolute atomic E-state index is 12.8. The first-order valence-electron chi connectivity index (χ1n) is 8.17. The van der Waals surface area contributed by atoms with Crippen molar-refractivity contribution in [3.63, 3.8) is 0 Å². The molecule has 2 aromatic rings. The van der Waals surface area contributed by atoms with Crippen molar-refractivity contribution in [1.29, 1.82) is 0 Å². The molecule has 128 valence electrons. The van der Waals surface area contributed by atoms with Crippen molar-refractivity contribution in [2.45, 2.75) is 19.3 Å². The third kappa shape index (κ3) is 3.18. The molecule has 1 heterocycles. The van der Waals surface area contributed by atoms with Crippen LogP contribution in [0.25, 0.3) is 0 Å². The molecule has 1 aliphatic heterocycles. The standard InChI is InChI=1S/C20H20N2O3/c1-20(2,15-9-5-3-6-10-15)17(23)13-22-18(24)14-21(19(22)25)16-11-7-4-8-12-16/h3-12H,13-14H2,1-2H3. The Morgan fingerprint density at radius 1 is 0.960 bits per heavy atom. The van der Waals surface area contributed by atoms with Gasteiger partial charge in [-0.05, 0) is 31.5 Å². The average molecular weight is 336 g/mol. The van der Waals surface area contributed by atoms with E-state index in [2.05, 4.69) is 0 Å². The maximum atomic E-state index is 12.8. The highest BCUT2D eigenvalue weighted by atomic mass is 16.2. The van der Waals surface area contributed by atoms with E-state index in [-0.39, 0.29) is 24.8 Å². The monoisotopic (exact) mass is 336 g/mol. The van der Waals surface area contributed by atoms with Crippen LogP contribution in [-0.4, -0.2) is 35.7 Å². The highest BCUT2D eigenvalue weighted by Gasteiger charge is 2.40. The zero-order valence-corrected chi connectivity index (χ0v) is 14.3. The smallest absolute Gasteiger partial charge is 0.297 e. The molecule has 0 saturated carbocycles. The number of anilines is 1. The third-order valence-corrected chi connectivity index (χ3v) is 4.62. The normalized spacial score (nSPS) is 15.0. The molecule has 3 amide bonds. The van der Waals surface area contributed by atoms with E-state index in [1.54, 1.807) is 24.3 Å². The summed E-state index contributed by atoms with van der Waals surface area (Å²) in [5, 5.41) is 0. The molecule has 0 radical (unpaired) electrons. The van der Waals surface area contributed by atoms with Crippen molar-refractivity contribution in [2.75, 3.05) is 18.0 Å². The summed E-state index contributed by atoms with van der Waals surface area (Å²) < 4.78 is 0. The number of carbonyl (C=O) groups excluding carboxylic acids is 3. The lowest BCUT2D eigenvalue weighted by Crippen LogP contribution is -2.43. The van der Waals surface area contributed by atoms with Gasteiger partial charge in [-0.25, -0.2) is 4.79 Å². The van der Waals surface area contributed by atoms with E-state index >= 15 is 0 Å². The topological polar surface area (TPSA) is 57.7 Å². The van der Waals surface area contributed by atoms with Crippen LogP contribution in [0.1, 0.15) is 19.4 Å². The van der Waals surface area contributed by atoms with Gasteiger partial charge < -0.3 is 0 Å². The molecule has 0 N–H and O–H groups in total. The van der Waals surface area contributed by atoms with Crippen LogP contribution in [0, 0.1) is 0 Å². The Bertz CT molecular complexity index is 800. The minimum Gasteiger partial charge on any atom is -0.297 e. The molecule has 0 unspecified atom stereocenters. The van der Waals surface area contributed by atoms with Crippen LogP contribution in [0.2, 0.25) is 0 Å². The predicted octanol–water partition coefficient (Wildman–Crippen LogP) is 3.00.